The number of carbonyl (C=O) groups is 1. The number of nitrogens with one attached hydrogen (secondary N) is 1. The van der Waals surface area contributed by atoms with Gasteiger partial charge in [0.15, 0.2) is 5.16 Å². The third-order valence-electron chi connectivity index (χ3n) is 5.08. The van der Waals surface area contributed by atoms with Gasteiger partial charge in [0.25, 0.3) is 0 Å². The highest BCUT2D eigenvalue weighted by atomic mass is 32.2. The Hall–Kier alpha value is -2.80. The zero-order chi connectivity index (χ0) is 20.4. The summed E-state index contributed by atoms with van der Waals surface area (Å²) in [4.78, 5) is 26.6. The summed E-state index contributed by atoms with van der Waals surface area (Å²) in [5, 5.41) is 1.81. The number of hydrogen-bond acceptors (Lipinski definition) is 5. The molecule has 7 heteroatoms. The first-order valence-electron chi connectivity index (χ1n) is 9.61. The van der Waals surface area contributed by atoms with E-state index in [9.17, 15) is 4.79 Å². The van der Waals surface area contributed by atoms with Crippen LogP contribution in [0.15, 0.2) is 41.7 Å². The number of aromatic nitrogens is 3. The smallest absolute Gasteiger partial charge is 0.233 e. The molecule has 0 atom stereocenters. The Balaban J connectivity index is 1.42. The molecule has 3 heterocycles. The molecule has 0 saturated heterocycles. The second kappa shape index (κ2) is 8.29. The normalized spacial score (nSPS) is 14.2. The van der Waals surface area contributed by atoms with E-state index in [-0.39, 0.29) is 5.91 Å². The van der Waals surface area contributed by atoms with Crippen molar-refractivity contribution in [3.05, 3.63) is 53.5 Å². The van der Waals surface area contributed by atoms with Crippen molar-refractivity contribution >= 4 is 34.1 Å². The number of amides is 1. The maximum atomic E-state index is 12.6. The lowest BCUT2D eigenvalue weighted by molar-refractivity contribution is -0.127. The highest BCUT2D eigenvalue weighted by Crippen LogP contribution is 2.31. The molecule has 0 aliphatic carbocycles. The number of carbonyl (C=O) groups excluding carboxylic acids is 1. The first-order valence-corrected chi connectivity index (χ1v) is 10.6. The molecule has 0 bridgehead atoms. The zero-order valence-corrected chi connectivity index (χ0v) is 17.7. The highest BCUT2D eigenvalue weighted by Gasteiger charge is 2.20. The number of rotatable bonds is 5. The topological polar surface area (TPSA) is 71.1 Å². The minimum Gasteiger partial charge on any atom is -0.497 e. The van der Waals surface area contributed by atoms with Crippen LogP contribution in [0.5, 0.6) is 5.75 Å². The monoisotopic (exact) mass is 408 g/mol. The van der Waals surface area contributed by atoms with E-state index in [1.165, 1.54) is 22.9 Å². The number of methoxy groups -OCH3 is 1. The summed E-state index contributed by atoms with van der Waals surface area (Å²) in [7, 11) is 1.68. The predicted molar refractivity (Wildman–Crippen MR) is 116 cm³/mol. The third kappa shape index (κ3) is 4.29. The van der Waals surface area contributed by atoms with E-state index in [1.807, 2.05) is 43.1 Å². The molecule has 0 fully saturated rings. The fraction of sp³-hybridized carbons (Fsp3) is 0.318. The number of H-pyrrole nitrogens is 1. The third-order valence-corrected chi connectivity index (χ3v) is 5.92. The number of aryl methyl sites for hydroxylation is 2. The quantitative estimate of drug-likeness (QED) is 0.511. The average molecular weight is 409 g/mol. The van der Waals surface area contributed by atoms with Gasteiger partial charge >= 0.3 is 0 Å². The van der Waals surface area contributed by atoms with Crippen LogP contribution in [-0.4, -0.2) is 51.7 Å². The van der Waals surface area contributed by atoms with Crippen molar-refractivity contribution in [2.45, 2.75) is 25.4 Å². The Morgan fingerprint density at radius 1 is 1.24 bits per heavy atom. The molecule has 4 rings (SSSR count). The molecule has 1 aromatic carbocycles. The van der Waals surface area contributed by atoms with Gasteiger partial charge in [-0.1, -0.05) is 17.8 Å². The molecule has 0 radical (unpaired) electrons. The summed E-state index contributed by atoms with van der Waals surface area (Å²) in [5.74, 6) is 1.32. The Bertz CT molecular complexity index is 1070. The summed E-state index contributed by atoms with van der Waals surface area (Å²) < 4.78 is 5.36. The van der Waals surface area contributed by atoms with Crippen LogP contribution in [0.2, 0.25) is 0 Å². The van der Waals surface area contributed by atoms with Gasteiger partial charge in [-0.25, -0.2) is 9.97 Å². The van der Waals surface area contributed by atoms with Crippen LogP contribution in [0.3, 0.4) is 0 Å². The van der Waals surface area contributed by atoms with Gasteiger partial charge in [-0.2, -0.15) is 0 Å². The first kappa shape index (κ1) is 19.5. The first-order chi connectivity index (χ1) is 14.0. The molecule has 1 aliphatic rings. The van der Waals surface area contributed by atoms with Crippen LogP contribution in [-0.2, 0) is 4.79 Å². The number of fused-ring (bicyclic) bond motifs is 1. The van der Waals surface area contributed by atoms with Gasteiger partial charge in [0.05, 0.1) is 12.9 Å². The van der Waals surface area contributed by atoms with Gasteiger partial charge in [0.2, 0.25) is 5.91 Å². The number of aromatic amines is 1. The summed E-state index contributed by atoms with van der Waals surface area (Å²) in [6, 6.07) is 7.97. The van der Waals surface area contributed by atoms with Gasteiger partial charge in [0.1, 0.15) is 5.75 Å². The molecule has 1 N–H and O–H groups in total. The van der Waals surface area contributed by atoms with E-state index in [4.69, 9.17) is 4.74 Å². The Kier molecular flexibility index (Phi) is 5.58. The zero-order valence-electron chi connectivity index (χ0n) is 16.9. The van der Waals surface area contributed by atoms with Gasteiger partial charge < -0.3 is 14.6 Å². The van der Waals surface area contributed by atoms with E-state index in [2.05, 4.69) is 27.1 Å². The number of benzene rings is 1. The van der Waals surface area contributed by atoms with Crippen molar-refractivity contribution < 1.29 is 9.53 Å². The lowest BCUT2D eigenvalue weighted by Gasteiger charge is -2.26. The van der Waals surface area contributed by atoms with Crippen molar-refractivity contribution in [2.75, 3.05) is 26.0 Å². The summed E-state index contributed by atoms with van der Waals surface area (Å²) in [6.07, 6.45) is 5.03. The van der Waals surface area contributed by atoms with Gasteiger partial charge in [-0.05, 0) is 50.1 Å². The van der Waals surface area contributed by atoms with E-state index < -0.39 is 0 Å². The highest BCUT2D eigenvalue weighted by molar-refractivity contribution is 7.99. The predicted octanol–water partition coefficient (Wildman–Crippen LogP) is 3.99. The molecule has 2 aromatic heterocycles. The van der Waals surface area contributed by atoms with Crippen molar-refractivity contribution in [2.24, 2.45) is 0 Å². The number of hydrogen-bond donors (Lipinski definition) is 1. The molecule has 3 aromatic rings. The molecule has 150 valence electrons. The minimum atomic E-state index is 0.119. The molecule has 6 nitrogen and oxygen atoms in total. The number of ether oxygens (including phenoxy) is 1. The second-order valence-corrected chi connectivity index (χ2v) is 8.10. The van der Waals surface area contributed by atoms with E-state index in [1.54, 1.807) is 7.11 Å². The molecule has 29 heavy (non-hydrogen) atoms. The molecule has 1 amide bonds. The molecular formula is C22H24N4O2S. The minimum absolute atomic E-state index is 0.119. The Morgan fingerprint density at radius 2 is 2.03 bits per heavy atom. The molecule has 0 saturated carbocycles. The Labute approximate surface area is 174 Å². The summed E-state index contributed by atoms with van der Waals surface area (Å²) in [5.41, 5.74) is 5.38. The van der Waals surface area contributed by atoms with Gasteiger partial charge in [-0.3, -0.25) is 4.79 Å². The lowest BCUT2D eigenvalue weighted by atomic mass is 9.99. The summed E-state index contributed by atoms with van der Waals surface area (Å²) >= 11 is 1.40. The van der Waals surface area contributed by atoms with Crippen LogP contribution in [0.25, 0.3) is 16.5 Å². The Morgan fingerprint density at radius 3 is 2.72 bits per heavy atom. The maximum Gasteiger partial charge on any atom is 0.233 e. The van der Waals surface area contributed by atoms with Crippen LogP contribution in [0.1, 0.15) is 23.4 Å². The van der Waals surface area contributed by atoms with E-state index >= 15 is 0 Å². The maximum absolute atomic E-state index is 12.6. The van der Waals surface area contributed by atoms with Crippen LogP contribution in [0, 0.1) is 13.8 Å². The van der Waals surface area contributed by atoms with E-state index in [0.717, 1.165) is 41.0 Å². The second-order valence-electron chi connectivity index (χ2n) is 7.15. The van der Waals surface area contributed by atoms with Gasteiger partial charge in [0, 0.05) is 47.1 Å². The fourth-order valence-electron chi connectivity index (χ4n) is 3.61. The SMILES string of the molecule is COc1ccc2[nH]cc(C3=CCN(C(=O)CSc4nc(C)cc(C)n4)CC3)c2c1. The van der Waals surface area contributed by atoms with Crippen molar-refractivity contribution in [3.63, 3.8) is 0 Å². The number of nitrogens with zero attached hydrogens (tertiary/aromatic N) is 3. The van der Waals surface area contributed by atoms with Crippen LogP contribution >= 0.6 is 11.8 Å². The molecule has 1 aliphatic heterocycles. The molecular weight excluding hydrogens is 384 g/mol. The fourth-order valence-corrected chi connectivity index (χ4v) is 4.46. The molecule has 0 spiro atoms. The summed E-state index contributed by atoms with van der Waals surface area (Å²) in [6.45, 7) is 5.23. The average Bonchev–Trinajstić information content (AvgIpc) is 3.14. The van der Waals surface area contributed by atoms with Crippen molar-refractivity contribution in [1.82, 2.24) is 19.9 Å². The standard InChI is InChI=1S/C22H24N4O2S/c1-14-10-15(2)25-22(24-14)29-13-21(27)26-8-6-16(7-9-26)19-12-23-20-5-4-17(28-3)11-18(19)20/h4-6,10-12,23H,7-9,13H2,1-3H3. The van der Waals surface area contributed by atoms with Crippen molar-refractivity contribution in [1.29, 1.82) is 0 Å². The lowest BCUT2D eigenvalue weighted by Crippen LogP contribution is -2.35. The van der Waals surface area contributed by atoms with Crippen molar-refractivity contribution in [3.8, 4) is 5.75 Å². The molecule has 0 unspecified atom stereocenters. The van der Waals surface area contributed by atoms with Crippen LogP contribution in [0.4, 0.5) is 0 Å². The largest absolute Gasteiger partial charge is 0.497 e. The number of thioether (sulfide) groups is 1. The van der Waals surface area contributed by atoms with Gasteiger partial charge in [-0.15, -0.1) is 0 Å². The van der Waals surface area contributed by atoms with E-state index in [0.29, 0.717) is 17.5 Å². The van der Waals surface area contributed by atoms with Crippen LogP contribution < -0.4 is 4.74 Å².